The highest BCUT2D eigenvalue weighted by atomic mass is 16.6. The molecule has 8 nitrogen and oxygen atoms in total. The van der Waals surface area contributed by atoms with E-state index in [0.29, 0.717) is 0 Å². The Labute approximate surface area is 137 Å². The topological polar surface area (TPSA) is 108 Å². The second-order valence-corrected chi connectivity index (χ2v) is 5.68. The zero-order valence-corrected chi connectivity index (χ0v) is 13.1. The van der Waals surface area contributed by atoms with Crippen LogP contribution < -0.4 is 10.1 Å². The molecule has 1 fully saturated rings. The van der Waals surface area contributed by atoms with Crippen molar-refractivity contribution in [3.63, 3.8) is 0 Å². The van der Waals surface area contributed by atoms with Gasteiger partial charge in [0.25, 0.3) is 5.91 Å². The number of aliphatic hydroxyl groups is 1. The van der Waals surface area contributed by atoms with Gasteiger partial charge in [-0.05, 0) is 12.1 Å². The normalized spacial score (nSPS) is 24.5. The lowest BCUT2D eigenvalue weighted by Crippen LogP contribution is -2.37. The Bertz CT molecular complexity index is 742. The maximum absolute atomic E-state index is 12.4. The molecule has 1 aromatic rings. The van der Waals surface area contributed by atoms with Gasteiger partial charge in [-0.25, -0.2) is 4.79 Å². The van der Waals surface area contributed by atoms with Crippen molar-refractivity contribution in [2.75, 3.05) is 14.1 Å². The molecule has 24 heavy (non-hydrogen) atoms. The Kier molecular flexibility index (Phi) is 4.08. The van der Waals surface area contributed by atoms with Crippen LogP contribution in [-0.2, 0) is 9.53 Å². The van der Waals surface area contributed by atoms with E-state index in [0.717, 1.165) is 6.08 Å². The molecule has 8 heteroatoms. The van der Waals surface area contributed by atoms with Crippen molar-refractivity contribution in [2.24, 2.45) is 0 Å². The second-order valence-electron chi connectivity index (χ2n) is 5.68. The number of ether oxygens (including phenoxy) is 2. The highest BCUT2D eigenvalue weighted by Crippen LogP contribution is 2.33. The summed E-state index contributed by atoms with van der Waals surface area (Å²) in [4.78, 5) is 37.0. The van der Waals surface area contributed by atoms with Crippen LogP contribution in [-0.4, -0.2) is 60.2 Å². The lowest BCUT2D eigenvalue weighted by atomic mass is 10.0. The van der Waals surface area contributed by atoms with Crippen LogP contribution in [0.1, 0.15) is 10.4 Å². The van der Waals surface area contributed by atoms with E-state index >= 15 is 0 Å². The molecule has 0 spiro atoms. The third kappa shape index (κ3) is 3.01. The highest BCUT2D eigenvalue weighted by molar-refractivity contribution is 6.02. The largest absolute Gasteiger partial charge is 0.414 e. The number of hydrogen-bond acceptors (Lipinski definition) is 6. The van der Waals surface area contributed by atoms with Crippen LogP contribution in [0, 0.1) is 0 Å². The van der Waals surface area contributed by atoms with E-state index in [9.17, 15) is 19.5 Å². The average Bonchev–Trinajstić information content (AvgIpc) is 3.34. The Morgan fingerprint density at radius 3 is 2.71 bits per heavy atom. The van der Waals surface area contributed by atoms with Gasteiger partial charge >= 0.3 is 6.09 Å². The Morgan fingerprint density at radius 2 is 2.00 bits per heavy atom. The van der Waals surface area contributed by atoms with Gasteiger partial charge < -0.3 is 24.8 Å². The molecule has 3 unspecified atom stereocenters. The Hall–Kier alpha value is -2.71. The summed E-state index contributed by atoms with van der Waals surface area (Å²) >= 11 is 0. The SMILES string of the molecule is CN(C)C(=O)Oc1ccccc1C(=O)NC1=CC(=O)C2OC2C1O. The first-order chi connectivity index (χ1) is 11.4. The number of benzene rings is 1. The third-order valence-corrected chi connectivity index (χ3v) is 3.69. The minimum atomic E-state index is -1.08. The second kappa shape index (κ2) is 6.06. The van der Waals surface area contributed by atoms with Crippen molar-refractivity contribution in [3.05, 3.63) is 41.6 Å². The molecule has 1 saturated heterocycles. The van der Waals surface area contributed by atoms with Crippen molar-refractivity contribution in [2.45, 2.75) is 18.3 Å². The van der Waals surface area contributed by atoms with Gasteiger partial charge in [-0.2, -0.15) is 0 Å². The lowest BCUT2D eigenvalue weighted by Gasteiger charge is -2.18. The van der Waals surface area contributed by atoms with Crippen LogP contribution in [0.3, 0.4) is 0 Å². The van der Waals surface area contributed by atoms with Crippen molar-refractivity contribution in [1.29, 1.82) is 0 Å². The zero-order valence-electron chi connectivity index (χ0n) is 13.1. The van der Waals surface area contributed by atoms with Crippen molar-refractivity contribution in [3.8, 4) is 5.75 Å². The summed E-state index contributed by atoms with van der Waals surface area (Å²) in [6.45, 7) is 0. The molecule has 1 aliphatic carbocycles. The minimum absolute atomic E-state index is 0.0671. The number of ketones is 1. The first kappa shape index (κ1) is 16.2. The molecule has 0 aromatic heterocycles. The number of nitrogens with zero attached hydrogens (tertiary/aromatic N) is 1. The zero-order chi connectivity index (χ0) is 17.4. The number of epoxide rings is 1. The van der Waals surface area contributed by atoms with Crippen molar-refractivity contribution >= 4 is 17.8 Å². The van der Waals surface area contributed by atoms with E-state index in [-0.39, 0.29) is 22.8 Å². The number of nitrogens with one attached hydrogen (secondary N) is 1. The van der Waals surface area contributed by atoms with Crippen LogP contribution in [0.25, 0.3) is 0 Å². The van der Waals surface area contributed by atoms with Crippen LogP contribution in [0.4, 0.5) is 4.79 Å². The highest BCUT2D eigenvalue weighted by Gasteiger charge is 2.53. The first-order valence-electron chi connectivity index (χ1n) is 7.27. The molecule has 126 valence electrons. The van der Waals surface area contributed by atoms with Gasteiger partial charge in [0.1, 0.15) is 24.1 Å². The molecule has 1 aromatic carbocycles. The minimum Gasteiger partial charge on any atom is -0.409 e. The van der Waals surface area contributed by atoms with Crippen LogP contribution in [0.2, 0.25) is 0 Å². The quantitative estimate of drug-likeness (QED) is 0.759. The summed E-state index contributed by atoms with van der Waals surface area (Å²) in [6.07, 6.45) is -1.77. The summed E-state index contributed by atoms with van der Waals surface area (Å²) in [7, 11) is 3.04. The lowest BCUT2D eigenvalue weighted by molar-refractivity contribution is -0.116. The summed E-state index contributed by atoms with van der Waals surface area (Å²) in [5, 5.41) is 12.5. The fraction of sp³-hybridized carbons (Fsp3) is 0.312. The number of aliphatic hydroxyl groups excluding tert-OH is 1. The predicted octanol–water partition coefficient (Wildman–Crippen LogP) is 0.0717. The van der Waals surface area contributed by atoms with Gasteiger partial charge in [0.15, 0.2) is 5.78 Å². The third-order valence-electron chi connectivity index (χ3n) is 3.69. The molecule has 2 N–H and O–H groups in total. The van der Waals surface area contributed by atoms with E-state index in [2.05, 4.69) is 5.32 Å². The maximum atomic E-state index is 12.4. The smallest absolute Gasteiger partial charge is 0.409 e. The standard InChI is InChI=1S/C16H16N2O6/c1-18(2)16(22)23-11-6-4-3-5-8(11)15(21)17-9-7-10(19)13-14(24-13)12(9)20/h3-7,12-14,20H,1-2H3,(H,17,21). The van der Waals surface area contributed by atoms with E-state index in [1.54, 1.807) is 12.1 Å². The van der Waals surface area contributed by atoms with Crippen LogP contribution in [0.15, 0.2) is 36.0 Å². The number of carbonyl (C=O) groups excluding carboxylic acids is 3. The van der Waals surface area contributed by atoms with Crippen LogP contribution >= 0.6 is 0 Å². The number of rotatable bonds is 3. The molecular weight excluding hydrogens is 316 g/mol. The molecule has 0 radical (unpaired) electrons. The average molecular weight is 332 g/mol. The van der Waals surface area contributed by atoms with E-state index in [4.69, 9.17) is 9.47 Å². The first-order valence-corrected chi connectivity index (χ1v) is 7.27. The fourth-order valence-corrected chi connectivity index (χ4v) is 2.33. The summed E-state index contributed by atoms with van der Waals surface area (Å²) in [5.41, 5.74) is 0.171. The molecule has 1 heterocycles. The van der Waals surface area contributed by atoms with Gasteiger partial charge in [0, 0.05) is 20.2 Å². The van der Waals surface area contributed by atoms with Crippen LogP contribution in [0.5, 0.6) is 5.75 Å². The number of hydrogen-bond donors (Lipinski definition) is 2. The molecule has 3 atom stereocenters. The molecule has 0 bridgehead atoms. The number of carbonyl (C=O) groups is 3. The summed E-state index contributed by atoms with van der Waals surface area (Å²) in [6, 6.07) is 6.18. The Balaban J connectivity index is 1.78. The number of amides is 2. The molecular formula is C16H16N2O6. The summed E-state index contributed by atoms with van der Waals surface area (Å²) < 4.78 is 10.2. The summed E-state index contributed by atoms with van der Waals surface area (Å²) in [5.74, 6) is -0.825. The molecule has 2 aliphatic rings. The van der Waals surface area contributed by atoms with Gasteiger partial charge in [-0.15, -0.1) is 0 Å². The Morgan fingerprint density at radius 1 is 1.29 bits per heavy atom. The van der Waals surface area contributed by atoms with Crippen molar-refractivity contribution < 1.29 is 29.0 Å². The van der Waals surface area contributed by atoms with Gasteiger partial charge in [-0.1, -0.05) is 12.1 Å². The van der Waals surface area contributed by atoms with Crippen molar-refractivity contribution in [1.82, 2.24) is 10.2 Å². The molecule has 3 rings (SSSR count). The maximum Gasteiger partial charge on any atom is 0.414 e. The monoisotopic (exact) mass is 332 g/mol. The van der Waals surface area contributed by atoms with Gasteiger partial charge in [-0.3, -0.25) is 9.59 Å². The van der Waals surface area contributed by atoms with E-state index in [1.807, 2.05) is 0 Å². The van der Waals surface area contributed by atoms with Gasteiger partial charge in [0.05, 0.1) is 11.3 Å². The van der Waals surface area contributed by atoms with E-state index < -0.39 is 30.3 Å². The number of para-hydroxylation sites is 1. The molecule has 1 aliphatic heterocycles. The predicted molar refractivity (Wildman–Crippen MR) is 81.4 cm³/mol. The molecule has 2 amide bonds. The van der Waals surface area contributed by atoms with Gasteiger partial charge in [0.2, 0.25) is 0 Å². The fourth-order valence-electron chi connectivity index (χ4n) is 2.33. The molecule has 0 saturated carbocycles. The van der Waals surface area contributed by atoms with E-state index in [1.165, 1.54) is 31.1 Å². The number of fused-ring (bicyclic) bond motifs is 1.